The molecule has 0 saturated heterocycles. The zero-order valence-corrected chi connectivity index (χ0v) is 18.3. The van der Waals surface area contributed by atoms with E-state index in [2.05, 4.69) is 15.6 Å². The Balaban J connectivity index is 1.94. The van der Waals surface area contributed by atoms with Gasteiger partial charge in [-0.05, 0) is 36.8 Å². The van der Waals surface area contributed by atoms with Gasteiger partial charge in [-0.25, -0.2) is 19.4 Å². The van der Waals surface area contributed by atoms with Gasteiger partial charge in [0.1, 0.15) is 11.8 Å². The van der Waals surface area contributed by atoms with Crippen molar-refractivity contribution in [2.75, 3.05) is 13.2 Å². The molecule has 0 aliphatic carbocycles. The first-order valence-corrected chi connectivity index (χ1v) is 10.2. The van der Waals surface area contributed by atoms with Crippen molar-refractivity contribution >= 4 is 52.8 Å². The summed E-state index contributed by atoms with van der Waals surface area (Å²) in [5, 5.41) is 5.75. The van der Waals surface area contributed by atoms with Crippen LogP contribution in [-0.4, -0.2) is 36.2 Å². The second-order valence-corrected chi connectivity index (χ2v) is 7.47. The van der Waals surface area contributed by atoms with Gasteiger partial charge in [0.05, 0.1) is 28.9 Å². The SMILES string of the molecule is CCOC(=O)C1=C(COC(=O)c2nc(Cl)ccc2Cl)NC(=O)NC1c1ccc(Cl)cc1. The number of amides is 2. The van der Waals surface area contributed by atoms with Crippen LogP contribution in [0.5, 0.6) is 0 Å². The number of aromatic nitrogens is 1. The van der Waals surface area contributed by atoms with Crippen LogP contribution in [0.25, 0.3) is 0 Å². The van der Waals surface area contributed by atoms with Gasteiger partial charge in [0, 0.05) is 5.02 Å². The molecule has 11 heteroatoms. The van der Waals surface area contributed by atoms with Gasteiger partial charge >= 0.3 is 18.0 Å². The number of urea groups is 1. The number of rotatable bonds is 6. The maximum absolute atomic E-state index is 12.7. The number of nitrogens with zero attached hydrogens (tertiary/aromatic N) is 1. The molecular formula is C20H16Cl3N3O5. The summed E-state index contributed by atoms with van der Waals surface area (Å²) < 4.78 is 10.4. The van der Waals surface area contributed by atoms with Crippen molar-refractivity contribution in [3.63, 3.8) is 0 Å². The van der Waals surface area contributed by atoms with Crippen LogP contribution >= 0.6 is 34.8 Å². The Morgan fingerprint density at radius 1 is 1.03 bits per heavy atom. The molecule has 2 heterocycles. The normalized spacial score (nSPS) is 15.7. The van der Waals surface area contributed by atoms with Gasteiger partial charge in [-0.3, -0.25) is 0 Å². The van der Waals surface area contributed by atoms with Crippen LogP contribution in [-0.2, 0) is 14.3 Å². The molecule has 0 saturated carbocycles. The van der Waals surface area contributed by atoms with E-state index in [0.29, 0.717) is 10.6 Å². The molecule has 3 rings (SSSR count). The molecule has 2 amide bonds. The van der Waals surface area contributed by atoms with Gasteiger partial charge in [0.2, 0.25) is 0 Å². The standard InChI is InChI=1S/C20H16Cl3N3O5/c1-2-30-18(27)15-13(9-31-19(28)17-12(22)7-8-14(23)25-17)24-20(29)26-16(15)10-3-5-11(21)6-4-10/h3-8,16H,2,9H2,1H3,(H2,24,26,29). The van der Waals surface area contributed by atoms with Crippen LogP contribution in [0.15, 0.2) is 47.7 Å². The second kappa shape index (κ2) is 10.00. The molecule has 1 atom stereocenters. The van der Waals surface area contributed by atoms with Crippen molar-refractivity contribution < 1.29 is 23.9 Å². The van der Waals surface area contributed by atoms with Crippen molar-refractivity contribution in [2.24, 2.45) is 0 Å². The quantitative estimate of drug-likeness (QED) is 0.473. The van der Waals surface area contributed by atoms with Crippen molar-refractivity contribution in [1.82, 2.24) is 15.6 Å². The fraction of sp³-hybridized carbons (Fsp3) is 0.200. The van der Waals surface area contributed by atoms with E-state index in [0.717, 1.165) is 0 Å². The topological polar surface area (TPSA) is 107 Å². The third-order valence-electron chi connectivity index (χ3n) is 4.21. The summed E-state index contributed by atoms with van der Waals surface area (Å²) >= 11 is 17.7. The van der Waals surface area contributed by atoms with E-state index in [1.807, 2.05) is 0 Å². The van der Waals surface area contributed by atoms with Crippen LogP contribution in [0, 0.1) is 0 Å². The van der Waals surface area contributed by atoms with Gasteiger partial charge in [-0.15, -0.1) is 0 Å². The summed E-state index contributed by atoms with van der Waals surface area (Å²) in [6.07, 6.45) is 0. The fourth-order valence-corrected chi connectivity index (χ4v) is 3.31. The van der Waals surface area contributed by atoms with E-state index in [-0.39, 0.29) is 33.7 Å². The highest BCUT2D eigenvalue weighted by atomic mass is 35.5. The second-order valence-electron chi connectivity index (χ2n) is 6.24. The molecular weight excluding hydrogens is 469 g/mol. The summed E-state index contributed by atoms with van der Waals surface area (Å²) in [4.78, 5) is 41.2. The van der Waals surface area contributed by atoms with Crippen molar-refractivity contribution in [3.8, 4) is 0 Å². The number of carbonyl (C=O) groups is 3. The maximum atomic E-state index is 12.7. The Bertz CT molecular complexity index is 1060. The smallest absolute Gasteiger partial charge is 0.358 e. The maximum Gasteiger partial charge on any atom is 0.358 e. The summed E-state index contributed by atoms with van der Waals surface area (Å²) in [5.74, 6) is -1.56. The van der Waals surface area contributed by atoms with Crippen LogP contribution in [0.3, 0.4) is 0 Å². The molecule has 2 N–H and O–H groups in total. The highest BCUT2D eigenvalue weighted by Crippen LogP contribution is 2.29. The molecule has 8 nitrogen and oxygen atoms in total. The molecule has 1 unspecified atom stereocenters. The molecule has 1 aromatic carbocycles. The number of pyridine rings is 1. The van der Waals surface area contributed by atoms with Gasteiger partial charge < -0.3 is 20.1 Å². The monoisotopic (exact) mass is 483 g/mol. The summed E-state index contributed by atoms with van der Waals surface area (Å²) in [7, 11) is 0. The first-order chi connectivity index (χ1) is 14.8. The van der Waals surface area contributed by atoms with Crippen molar-refractivity contribution in [3.05, 3.63) is 74.1 Å². The Morgan fingerprint density at radius 2 is 1.74 bits per heavy atom. The zero-order valence-electron chi connectivity index (χ0n) is 16.1. The number of ether oxygens (including phenoxy) is 2. The minimum Gasteiger partial charge on any atom is -0.463 e. The van der Waals surface area contributed by atoms with Crippen LogP contribution in [0.1, 0.15) is 29.0 Å². The van der Waals surface area contributed by atoms with Crippen LogP contribution in [0.2, 0.25) is 15.2 Å². The third-order valence-corrected chi connectivity index (χ3v) is 4.97. The number of hydrogen-bond donors (Lipinski definition) is 2. The molecule has 2 aromatic rings. The predicted molar refractivity (Wildman–Crippen MR) is 114 cm³/mol. The Labute approximate surface area is 192 Å². The number of nitrogens with one attached hydrogen (secondary N) is 2. The molecule has 1 aliphatic rings. The summed E-state index contributed by atoms with van der Waals surface area (Å²) in [5.41, 5.74) is 0.544. The summed E-state index contributed by atoms with van der Waals surface area (Å²) in [6.45, 7) is 1.32. The number of esters is 2. The molecule has 0 fully saturated rings. The first kappa shape index (κ1) is 22.9. The van der Waals surface area contributed by atoms with E-state index in [9.17, 15) is 14.4 Å². The number of halogens is 3. The molecule has 1 aliphatic heterocycles. The highest BCUT2D eigenvalue weighted by Gasteiger charge is 2.34. The van der Waals surface area contributed by atoms with Gasteiger partial charge in [0.25, 0.3) is 0 Å². The number of carbonyl (C=O) groups excluding carboxylic acids is 3. The number of hydrogen-bond acceptors (Lipinski definition) is 6. The Morgan fingerprint density at radius 3 is 2.42 bits per heavy atom. The van der Waals surface area contributed by atoms with Crippen LogP contribution < -0.4 is 10.6 Å². The average Bonchev–Trinajstić information content (AvgIpc) is 2.74. The van der Waals surface area contributed by atoms with Crippen molar-refractivity contribution in [1.29, 1.82) is 0 Å². The molecule has 1 aromatic heterocycles. The fourth-order valence-electron chi connectivity index (χ4n) is 2.85. The van der Waals surface area contributed by atoms with E-state index in [4.69, 9.17) is 44.3 Å². The van der Waals surface area contributed by atoms with E-state index >= 15 is 0 Å². The molecule has 162 valence electrons. The summed E-state index contributed by atoms with van der Waals surface area (Å²) in [6, 6.07) is 7.98. The lowest BCUT2D eigenvalue weighted by Gasteiger charge is -2.29. The molecule has 31 heavy (non-hydrogen) atoms. The molecule has 0 bridgehead atoms. The minimum atomic E-state index is -0.876. The Hall–Kier alpha value is -2.81. The average molecular weight is 485 g/mol. The van der Waals surface area contributed by atoms with Crippen LogP contribution in [0.4, 0.5) is 4.79 Å². The zero-order chi connectivity index (χ0) is 22.5. The largest absolute Gasteiger partial charge is 0.463 e. The predicted octanol–water partition coefficient (Wildman–Crippen LogP) is 4.07. The van der Waals surface area contributed by atoms with E-state index < -0.39 is 30.6 Å². The third kappa shape index (κ3) is 5.46. The Kier molecular flexibility index (Phi) is 7.37. The molecule has 0 spiro atoms. The highest BCUT2D eigenvalue weighted by molar-refractivity contribution is 6.34. The number of benzene rings is 1. The van der Waals surface area contributed by atoms with E-state index in [1.165, 1.54) is 12.1 Å². The van der Waals surface area contributed by atoms with Crippen molar-refractivity contribution in [2.45, 2.75) is 13.0 Å². The first-order valence-electron chi connectivity index (χ1n) is 9.02. The van der Waals surface area contributed by atoms with Gasteiger partial charge in [-0.1, -0.05) is 46.9 Å². The molecule has 0 radical (unpaired) electrons. The lowest BCUT2D eigenvalue weighted by molar-refractivity contribution is -0.139. The lowest BCUT2D eigenvalue weighted by Crippen LogP contribution is -2.47. The lowest BCUT2D eigenvalue weighted by atomic mass is 9.95. The van der Waals surface area contributed by atoms with Gasteiger partial charge in [-0.2, -0.15) is 0 Å². The minimum absolute atomic E-state index is 0.0439. The van der Waals surface area contributed by atoms with Gasteiger partial charge in [0.15, 0.2) is 5.69 Å². The van der Waals surface area contributed by atoms with E-state index in [1.54, 1.807) is 31.2 Å².